The van der Waals surface area contributed by atoms with Crippen molar-refractivity contribution < 1.29 is 29.2 Å². The smallest absolute Gasteiger partial charge is 0.405 e. The maximum Gasteiger partial charge on any atom is 0.405 e. The molecular weight excluding hydrogens is 565 g/mol. The Hall–Kier alpha value is -4.41. The molecule has 4 aromatic rings. The molecule has 0 fully saturated rings. The van der Waals surface area contributed by atoms with Gasteiger partial charge in [0.05, 0.1) is 24.3 Å². The number of aromatic amines is 1. The van der Waals surface area contributed by atoms with E-state index in [9.17, 15) is 29.3 Å². The van der Waals surface area contributed by atoms with E-state index in [0.717, 1.165) is 51.5 Å². The molecule has 4 rings (SSSR count). The Morgan fingerprint density at radius 2 is 1.59 bits per heavy atom. The number of carbonyl (C=O) groups is 1. The van der Waals surface area contributed by atoms with Gasteiger partial charge < -0.3 is 35.7 Å². The third-order valence-electron chi connectivity index (χ3n) is 7.51. The molecule has 1 aromatic heterocycles. The number of phenols is 1. The first-order valence-electron chi connectivity index (χ1n) is 15.0. The van der Waals surface area contributed by atoms with E-state index >= 15 is 0 Å². The van der Waals surface area contributed by atoms with E-state index in [1.807, 2.05) is 6.07 Å². The second kappa shape index (κ2) is 16.4. The van der Waals surface area contributed by atoms with Gasteiger partial charge in [0.2, 0.25) is 5.56 Å². The summed E-state index contributed by atoms with van der Waals surface area (Å²) in [6.07, 6.45) is 5.45. The van der Waals surface area contributed by atoms with Crippen LogP contribution in [0.25, 0.3) is 10.9 Å². The zero-order valence-electron chi connectivity index (χ0n) is 24.6. The number of fused-ring (bicyclic) bond motifs is 1. The van der Waals surface area contributed by atoms with Gasteiger partial charge in [-0.15, -0.1) is 0 Å². The molecular formula is C34H40FN3O6. The van der Waals surface area contributed by atoms with Crippen LogP contribution in [0, 0.1) is 5.82 Å². The minimum absolute atomic E-state index is 0.0245. The predicted octanol–water partition coefficient (Wildman–Crippen LogP) is 6.16. The van der Waals surface area contributed by atoms with Gasteiger partial charge >= 0.3 is 6.09 Å². The van der Waals surface area contributed by atoms with Gasteiger partial charge in [-0.05, 0) is 72.5 Å². The summed E-state index contributed by atoms with van der Waals surface area (Å²) in [4.78, 5) is 25.6. The van der Waals surface area contributed by atoms with Crippen molar-refractivity contribution in [3.8, 4) is 11.5 Å². The van der Waals surface area contributed by atoms with Crippen LogP contribution >= 0.6 is 0 Å². The number of hydrogen-bond donors (Lipinski definition) is 6. The van der Waals surface area contributed by atoms with Crippen LogP contribution in [0.15, 0.2) is 77.6 Å². The number of halogens is 1. The third kappa shape index (κ3) is 9.55. The molecule has 6 N–H and O–H groups in total. The van der Waals surface area contributed by atoms with Gasteiger partial charge in [0, 0.05) is 18.0 Å². The van der Waals surface area contributed by atoms with Crippen molar-refractivity contribution in [2.45, 2.75) is 57.1 Å². The first-order chi connectivity index (χ1) is 21.3. The molecule has 0 radical (unpaired) electrons. The van der Waals surface area contributed by atoms with E-state index in [2.05, 4.69) is 15.6 Å². The van der Waals surface area contributed by atoms with Gasteiger partial charge in [-0.2, -0.15) is 0 Å². The van der Waals surface area contributed by atoms with E-state index in [1.165, 1.54) is 24.3 Å². The number of hydrogen-bond acceptors (Lipinski definition) is 6. The van der Waals surface area contributed by atoms with Crippen LogP contribution in [-0.2, 0) is 0 Å². The van der Waals surface area contributed by atoms with Crippen molar-refractivity contribution in [1.29, 1.82) is 0 Å². The van der Waals surface area contributed by atoms with Crippen molar-refractivity contribution >= 4 is 17.0 Å². The zero-order valence-corrected chi connectivity index (χ0v) is 24.6. The number of aromatic hydroxyl groups is 1. The van der Waals surface area contributed by atoms with Gasteiger partial charge in [0.15, 0.2) is 0 Å². The normalized spacial score (nSPS) is 12.6. The summed E-state index contributed by atoms with van der Waals surface area (Å²) in [5, 5.41) is 36.3. The van der Waals surface area contributed by atoms with Crippen LogP contribution in [0.3, 0.4) is 0 Å². The molecule has 2 atom stereocenters. The lowest BCUT2D eigenvalue weighted by Crippen LogP contribution is -2.27. The highest BCUT2D eigenvalue weighted by Crippen LogP contribution is 2.29. The summed E-state index contributed by atoms with van der Waals surface area (Å²) >= 11 is 0. The van der Waals surface area contributed by atoms with Crippen molar-refractivity contribution in [3.63, 3.8) is 0 Å². The van der Waals surface area contributed by atoms with Crippen molar-refractivity contribution in [2.24, 2.45) is 0 Å². The first kappa shape index (κ1) is 32.5. The fraction of sp³-hybridized carbons (Fsp3) is 0.353. The standard InChI is InChI=1S/C34H40FN3O6/c35-25-12-8-10-23(20-25)32(38-34(42)43)24-11-9-13-26(21-24)44-19-7-5-3-1-2-4-6-18-36-22-30(40)27-14-16-29(39)33-28(27)15-17-31(41)37-33/h8-17,20-21,30,32,36,38-40H,1-7,18-19,22H2,(H,37,41)(H,42,43)/t30-,32?/m0/s1. The topological polar surface area (TPSA) is 144 Å². The second-order valence-electron chi connectivity index (χ2n) is 10.8. The number of aromatic nitrogens is 1. The molecule has 0 bridgehead atoms. The lowest BCUT2D eigenvalue weighted by molar-refractivity contribution is 0.176. The van der Waals surface area contributed by atoms with E-state index in [4.69, 9.17) is 4.74 Å². The van der Waals surface area contributed by atoms with Crippen molar-refractivity contribution in [3.05, 3.63) is 106 Å². The lowest BCUT2D eigenvalue weighted by Gasteiger charge is -2.19. The van der Waals surface area contributed by atoms with Crippen molar-refractivity contribution in [2.75, 3.05) is 19.7 Å². The second-order valence-corrected chi connectivity index (χ2v) is 10.8. The Morgan fingerprint density at radius 1 is 0.886 bits per heavy atom. The maximum absolute atomic E-state index is 13.8. The molecule has 10 heteroatoms. The molecule has 0 spiro atoms. The fourth-order valence-electron chi connectivity index (χ4n) is 5.28. The number of amides is 1. The molecule has 0 saturated carbocycles. The summed E-state index contributed by atoms with van der Waals surface area (Å²) < 4.78 is 19.7. The Labute approximate surface area is 255 Å². The molecule has 0 aliphatic rings. The molecule has 0 saturated heterocycles. The number of carboxylic acid groups (broad SMARTS) is 1. The first-order valence-corrected chi connectivity index (χ1v) is 15.0. The molecule has 1 unspecified atom stereocenters. The van der Waals surface area contributed by atoms with Gasteiger partial charge in [0.1, 0.15) is 17.3 Å². The number of phenolic OH excluding ortho intramolecular Hbond substituents is 1. The number of H-pyrrole nitrogens is 1. The Balaban J connectivity index is 1.08. The highest BCUT2D eigenvalue weighted by Gasteiger charge is 2.18. The number of benzene rings is 3. The highest BCUT2D eigenvalue weighted by molar-refractivity contribution is 5.87. The van der Waals surface area contributed by atoms with Crippen LogP contribution in [0.5, 0.6) is 11.5 Å². The average Bonchev–Trinajstić information content (AvgIpc) is 3.00. The van der Waals surface area contributed by atoms with Crippen molar-refractivity contribution in [1.82, 2.24) is 15.6 Å². The molecule has 0 aliphatic carbocycles. The number of unbranched alkanes of at least 4 members (excludes halogenated alkanes) is 6. The minimum atomic E-state index is -1.19. The molecule has 0 aliphatic heterocycles. The quantitative estimate of drug-likeness (QED) is 0.0791. The SMILES string of the molecule is O=C(O)NC(c1cccc(F)c1)c1cccc(OCCCCCCCCCNC[C@H](O)c2ccc(O)c3[nH]c(=O)ccc23)c1. The van der Waals surface area contributed by atoms with Crippen LogP contribution in [0.1, 0.15) is 73.8 Å². The summed E-state index contributed by atoms with van der Waals surface area (Å²) in [5.41, 5.74) is 1.86. The van der Waals surface area contributed by atoms with Gasteiger partial charge in [-0.3, -0.25) is 4.79 Å². The largest absolute Gasteiger partial charge is 0.506 e. The summed E-state index contributed by atoms with van der Waals surface area (Å²) in [7, 11) is 0. The Kier molecular flexibility index (Phi) is 12.1. The predicted molar refractivity (Wildman–Crippen MR) is 168 cm³/mol. The van der Waals surface area contributed by atoms with Gasteiger partial charge in [-0.25, -0.2) is 9.18 Å². The molecule has 1 amide bonds. The number of rotatable bonds is 17. The fourth-order valence-corrected chi connectivity index (χ4v) is 5.28. The third-order valence-corrected chi connectivity index (χ3v) is 7.51. The van der Waals surface area contributed by atoms with Crippen LogP contribution in [-0.4, -0.2) is 46.1 Å². The average molecular weight is 606 g/mol. The molecule has 1 heterocycles. The molecule has 3 aromatic carbocycles. The van der Waals surface area contributed by atoms with Crippen LogP contribution in [0.4, 0.5) is 9.18 Å². The highest BCUT2D eigenvalue weighted by atomic mass is 19.1. The molecule has 44 heavy (non-hydrogen) atoms. The number of ether oxygens (including phenoxy) is 1. The minimum Gasteiger partial charge on any atom is -0.506 e. The van der Waals surface area contributed by atoms with E-state index in [-0.39, 0.29) is 11.3 Å². The maximum atomic E-state index is 13.8. The van der Waals surface area contributed by atoms with E-state index in [0.29, 0.717) is 46.5 Å². The number of nitrogens with one attached hydrogen (secondary N) is 3. The summed E-state index contributed by atoms with van der Waals surface area (Å²) in [5.74, 6) is 0.186. The zero-order chi connectivity index (χ0) is 31.3. The number of aliphatic hydroxyl groups excluding tert-OH is 1. The van der Waals surface area contributed by atoms with Gasteiger partial charge in [-0.1, -0.05) is 62.4 Å². The van der Waals surface area contributed by atoms with Gasteiger partial charge in [0.25, 0.3) is 0 Å². The summed E-state index contributed by atoms with van der Waals surface area (Å²) in [6.45, 7) is 1.72. The lowest BCUT2D eigenvalue weighted by atomic mass is 9.98. The monoisotopic (exact) mass is 605 g/mol. The molecule has 234 valence electrons. The number of pyridine rings is 1. The molecule has 9 nitrogen and oxygen atoms in total. The number of aliphatic hydroxyl groups is 1. The Bertz CT molecular complexity index is 1580. The van der Waals surface area contributed by atoms with E-state index in [1.54, 1.807) is 42.5 Å². The van der Waals surface area contributed by atoms with Crippen LogP contribution in [0.2, 0.25) is 0 Å². The van der Waals surface area contributed by atoms with Crippen LogP contribution < -0.4 is 20.9 Å². The Morgan fingerprint density at radius 3 is 2.34 bits per heavy atom. The van der Waals surface area contributed by atoms with E-state index < -0.39 is 24.1 Å². The summed E-state index contributed by atoms with van der Waals surface area (Å²) in [6, 6.07) is 18.5.